The molecule has 0 amide bonds. The van der Waals surface area contributed by atoms with Crippen LogP contribution in [-0.2, 0) is 4.43 Å². The molecule has 156 valence electrons. The van der Waals surface area contributed by atoms with E-state index in [1.54, 1.807) is 10.8 Å². The minimum atomic E-state index is -1.83. The second-order valence-corrected chi connectivity index (χ2v) is 21.5. The molecule has 1 fully saturated rings. The highest BCUT2D eigenvalue weighted by atomic mass is 28.4. The molecule has 0 aromatic heterocycles. The fourth-order valence-corrected chi connectivity index (χ4v) is 7.67. The molecule has 1 saturated carbocycles. The summed E-state index contributed by atoms with van der Waals surface area (Å²) < 4.78 is 7.12. The molecule has 0 unspecified atom stereocenters. The van der Waals surface area contributed by atoms with E-state index in [1.807, 2.05) is 0 Å². The first-order valence-corrected chi connectivity index (χ1v) is 17.1. The van der Waals surface area contributed by atoms with Crippen molar-refractivity contribution < 1.29 is 4.43 Å². The summed E-state index contributed by atoms with van der Waals surface area (Å²) in [4.78, 5) is 0. The maximum absolute atomic E-state index is 7.12. The standard InChI is InChI=1S/C24H46OSi2/c1-13-15-17-19-20(21(16-14-2)26(8,9)10)18-24(6,7)22(19)25-27(11,12)23(3,4)5/h13-14,19,22H,1-2,15-18H2,3-12H3/b21-20+/t19-,22-/m1/s1. The van der Waals surface area contributed by atoms with E-state index in [4.69, 9.17) is 4.43 Å². The van der Waals surface area contributed by atoms with Gasteiger partial charge in [-0.1, -0.05) is 77.2 Å². The molecule has 0 aliphatic heterocycles. The maximum atomic E-state index is 7.12. The average Bonchev–Trinajstić information content (AvgIpc) is 2.71. The number of rotatable bonds is 8. The Morgan fingerprint density at radius 2 is 1.67 bits per heavy atom. The van der Waals surface area contributed by atoms with Gasteiger partial charge in [0.15, 0.2) is 8.32 Å². The quantitative estimate of drug-likeness (QED) is 0.292. The Labute approximate surface area is 172 Å². The summed E-state index contributed by atoms with van der Waals surface area (Å²) in [7, 11) is -3.23. The Hall–Kier alpha value is -0.386. The van der Waals surface area contributed by atoms with Crippen LogP contribution in [0.3, 0.4) is 0 Å². The topological polar surface area (TPSA) is 9.23 Å². The van der Waals surface area contributed by atoms with Crippen LogP contribution in [0.2, 0.25) is 37.8 Å². The zero-order valence-corrected chi connectivity index (χ0v) is 22.0. The summed E-state index contributed by atoms with van der Waals surface area (Å²) >= 11 is 0. The number of allylic oxidation sites excluding steroid dienone is 3. The van der Waals surface area contributed by atoms with E-state index in [1.165, 1.54) is 6.42 Å². The van der Waals surface area contributed by atoms with Crippen molar-refractivity contribution in [3.05, 3.63) is 36.1 Å². The highest BCUT2D eigenvalue weighted by Gasteiger charge is 2.51. The highest BCUT2D eigenvalue weighted by Crippen LogP contribution is 2.53. The largest absolute Gasteiger partial charge is 0.413 e. The van der Waals surface area contributed by atoms with Crippen LogP contribution in [0, 0.1) is 11.3 Å². The van der Waals surface area contributed by atoms with E-state index in [-0.39, 0.29) is 10.5 Å². The summed E-state index contributed by atoms with van der Waals surface area (Å²) in [6.07, 6.45) is 8.93. The van der Waals surface area contributed by atoms with E-state index < -0.39 is 16.4 Å². The van der Waals surface area contributed by atoms with Crippen LogP contribution in [0.1, 0.15) is 60.3 Å². The molecular formula is C24H46OSi2. The van der Waals surface area contributed by atoms with Crippen molar-refractivity contribution in [2.75, 3.05) is 0 Å². The predicted octanol–water partition coefficient (Wildman–Crippen LogP) is 8.14. The van der Waals surface area contributed by atoms with Crippen LogP contribution in [0.4, 0.5) is 0 Å². The zero-order valence-electron chi connectivity index (χ0n) is 20.0. The predicted molar refractivity (Wildman–Crippen MR) is 129 cm³/mol. The number of hydrogen-bond acceptors (Lipinski definition) is 1. The summed E-state index contributed by atoms with van der Waals surface area (Å²) in [5, 5.41) is 1.95. The van der Waals surface area contributed by atoms with Crippen LogP contribution in [-0.4, -0.2) is 22.5 Å². The Morgan fingerprint density at radius 3 is 2.07 bits per heavy atom. The third kappa shape index (κ3) is 5.80. The molecule has 2 atom stereocenters. The van der Waals surface area contributed by atoms with Crippen molar-refractivity contribution in [3.63, 3.8) is 0 Å². The molecule has 3 heteroatoms. The van der Waals surface area contributed by atoms with Crippen molar-refractivity contribution in [1.29, 1.82) is 0 Å². The van der Waals surface area contributed by atoms with Gasteiger partial charge < -0.3 is 4.43 Å². The molecule has 0 aromatic carbocycles. The van der Waals surface area contributed by atoms with Crippen LogP contribution in [0.25, 0.3) is 0 Å². The van der Waals surface area contributed by atoms with Crippen LogP contribution >= 0.6 is 0 Å². The summed E-state index contributed by atoms with van der Waals surface area (Å²) in [5.41, 5.74) is 1.88. The second-order valence-electron chi connectivity index (χ2n) is 11.7. The molecule has 1 aliphatic rings. The van der Waals surface area contributed by atoms with Crippen LogP contribution < -0.4 is 0 Å². The average molecular weight is 407 g/mol. The molecule has 1 rings (SSSR count). The third-order valence-electron chi connectivity index (χ3n) is 6.78. The van der Waals surface area contributed by atoms with Crippen LogP contribution in [0.15, 0.2) is 36.1 Å². The van der Waals surface area contributed by atoms with Gasteiger partial charge in [0.25, 0.3) is 0 Å². The first-order chi connectivity index (χ1) is 12.1. The van der Waals surface area contributed by atoms with Gasteiger partial charge in [-0.3, -0.25) is 0 Å². The summed E-state index contributed by atoms with van der Waals surface area (Å²) in [6.45, 7) is 32.2. The summed E-state index contributed by atoms with van der Waals surface area (Å²) in [6, 6.07) is 0. The van der Waals surface area contributed by atoms with E-state index in [9.17, 15) is 0 Å². The monoisotopic (exact) mass is 406 g/mol. The molecule has 1 aliphatic carbocycles. The molecule has 0 aromatic rings. The molecule has 0 saturated heterocycles. The van der Waals surface area contributed by atoms with Crippen molar-refractivity contribution in [2.45, 2.75) is 104 Å². The Bertz CT molecular complexity index is 570. The lowest BCUT2D eigenvalue weighted by atomic mass is 9.86. The molecule has 0 radical (unpaired) electrons. The maximum Gasteiger partial charge on any atom is 0.192 e. The van der Waals surface area contributed by atoms with E-state index in [2.05, 4.69) is 92.7 Å². The lowest BCUT2D eigenvalue weighted by molar-refractivity contribution is 0.0561. The van der Waals surface area contributed by atoms with Gasteiger partial charge in [-0.25, -0.2) is 0 Å². The normalized spacial score (nSPS) is 25.4. The van der Waals surface area contributed by atoms with Gasteiger partial charge in [0.1, 0.15) is 0 Å². The fraction of sp³-hybridized carbons (Fsp3) is 0.750. The van der Waals surface area contributed by atoms with Gasteiger partial charge in [-0.15, -0.1) is 13.2 Å². The van der Waals surface area contributed by atoms with E-state index in [0.717, 1.165) is 19.3 Å². The highest BCUT2D eigenvalue weighted by molar-refractivity contribution is 6.83. The minimum Gasteiger partial charge on any atom is -0.413 e. The van der Waals surface area contributed by atoms with Gasteiger partial charge in [0.2, 0.25) is 0 Å². The van der Waals surface area contributed by atoms with Crippen molar-refractivity contribution in [3.8, 4) is 0 Å². The van der Waals surface area contributed by atoms with E-state index >= 15 is 0 Å². The van der Waals surface area contributed by atoms with Gasteiger partial charge in [0.05, 0.1) is 14.2 Å². The third-order valence-corrected chi connectivity index (χ3v) is 13.6. The SMILES string of the molecule is C=CCC[C@@H]1/C(=C(\CC=C)[Si](C)(C)C)CC(C)(C)[C@@H]1O[Si](C)(C)C(C)(C)C. The minimum absolute atomic E-state index is 0.183. The lowest BCUT2D eigenvalue weighted by Gasteiger charge is -2.43. The molecule has 0 N–H and O–H groups in total. The Kier molecular flexibility index (Phi) is 7.80. The second kappa shape index (κ2) is 8.55. The zero-order chi connectivity index (χ0) is 21.3. The van der Waals surface area contributed by atoms with Crippen molar-refractivity contribution in [2.24, 2.45) is 11.3 Å². The molecule has 1 nitrogen and oxygen atoms in total. The van der Waals surface area contributed by atoms with Gasteiger partial charge >= 0.3 is 0 Å². The lowest BCUT2D eigenvalue weighted by Crippen LogP contribution is -2.48. The first kappa shape index (κ1) is 24.7. The smallest absolute Gasteiger partial charge is 0.192 e. The number of hydrogen-bond donors (Lipinski definition) is 0. The fourth-order valence-electron chi connectivity index (χ4n) is 4.20. The van der Waals surface area contributed by atoms with Gasteiger partial charge in [-0.2, -0.15) is 0 Å². The van der Waals surface area contributed by atoms with Gasteiger partial charge in [0, 0.05) is 5.92 Å². The van der Waals surface area contributed by atoms with E-state index in [0.29, 0.717) is 12.0 Å². The Balaban J connectivity index is 3.49. The molecule has 0 bridgehead atoms. The first-order valence-electron chi connectivity index (χ1n) is 10.7. The summed E-state index contributed by atoms with van der Waals surface area (Å²) in [5.74, 6) is 0.522. The Morgan fingerprint density at radius 1 is 1.11 bits per heavy atom. The molecule has 0 heterocycles. The molecular weight excluding hydrogens is 360 g/mol. The van der Waals surface area contributed by atoms with Crippen LogP contribution in [0.5, 0.6) is 0 Å². The molecule has 27 heavy (non-hydrogen) atoms. The molecule has 0 spiro atoms. The van der Waals surface area contributed by atoms with Crippen molar-refractivity contribution >= 4 is 16.4 Å². The van der Waals surface area contributed by atoms with Crippen molar-refractivity contribution in [1.82, 2.24) is 0 Å². The van der Waals surface area contributed by atoms with Gasteiger partial charge in [-0.05, 0) is 49.2 Å².